The van der Waals surface area contributed by atoms with Crippen molar-refractivity contribution in [1.29, 1.82) is 0 Å². The molecule has 2 heterocycles. The zero-order valence-corrected chi connectivity index (χ0v) is 15.6. The number of carboxylic acids is 1. The topological polar surface area (TPSA) is 122 Å². The predicted octanol–water partition coefficient (Wildman–Crippen LogP) is 0.0269. The van der Waals surface area contributed by atoms with E-state index in [1.807, 2.05) is 0 Å². The van der Waals surface area contributed by atoms with Gasteiger partial charge in [-0.2, -0.15) is 9.82 Å². The van der Waals surface area contributed by atoms with Gasteiger partial charge in [0.25, 0.3) is 0 Å². The molecule has 1 aliphatic rings. The van der Waals surface area contributed by atoms with Gasteiger partial charge in [0, 0.05) is 20.1 Å². The van der Waals surface area contributed by atoms with E-state index in [0.29, 0.717) is 30.8 Å². The molecule has 0 bridgehead atoms. The number of aromatic nitrogens is 2. The molecule has 0 aromatic carbocycles. The number of carbonyl (C=O) groups excluding carboxylic acids is 1. The van der Waals surface area contributed by atoms with Crippen molar-refractivity contribution in [1.82, 2.24) is 19.4 Å². The number of aliphatic carboxylic acids is 1. The summed E-state index contributed by atoms with van der Waals surface area (Å²) in [5.41, 5.74) is 0.838. The average Bonchev–Trinajstić information content (AvgIpc) is 2.79. The largest absolute Gasteiger partial charge is 0.481 e. The number of carbonyl (C=O) groups is 2. The van der Waals surface area contributed by atoms with E-state index in [9.17, 15) is 18.0 Å². The molecule has 10 heteroatoms. The molecule has 1 aliphatic heterocycles. The highest BCUT2D eigenvalue weighted by Crippen LogP contribution is 2.20. The number of sulfonamides is 1. The molecule has 1 unspecified atom stereocenters. The minimum absolute atomic E-state index is 0.0664. The predicted molar refractivity (Wildman–Crippen MR) is 89.4 cm³/mol. The van der Waals surface area contributed by atoms with Crippen LogP contribution in [-0.2, 0) is 26.7 Å². The molecule has 140 valence electrons. The third-order valence-corrected chi connectivity index (χ3v) is 6.29. The molecule has 2 N–H and O–H groups in total. The summed E-state index contributed by atoms with van der Waals surface area (Å²) in [6, 6.07) is -0.989. The van der Waals surface area contributed by atoms with E-state index in [0.717, 1.165) is 0 Å². The Kier molecular flexibility index (Phi) is 5.52. The van der Waals surface area contributed by atoms with Gasteiger partial charge in [-0.3, -0.25) is 14.3 Å². The van der Waals surface area contributed by atoms with E-state index in [4.69, 9.17) is 5.11 Å². The summed E-state index contributed by atoms with van der Waals surface area (Å²) < 4.78 is 29.1. The number of nitrogens with zero attached hydrogens (tertiary/aromatic N) is 3. The van der Waals surface area contributed by atoms with Gasteiger partial charge in [-0.1, -0.05) is 0 Å². The van der Waals surface area contributed by atoms with Crippen LogP contribution in [0.5, 0.6) is 0 Å². The van der Waals surface area contributed by atoms with E-state index < -0.39 is 33.9 Å². The quantitative estimate of drug-likeness (QED) is 0.752. The molecule has 1 aromatic heterocycles. The highest BCUT2D eigenvalue weighted by Gasteiger charge is 2.33. The Bertz CT molecular complexity index is 786. The first-order chi connectivity index (χ1) is 11.5. The molecule has 0 aliphatic carbocycles. The number of likely N-dealkylation sites (tertiary alicyclic amines) is 1. The second-order valence-electron chi connectivity index (χ2n) is 6.43. The van der Waals surface area contributed by atoms with Crippen molar-refractivity contribution in [3.8, 4) is 0 Å². The standard InChI is InChI=1S/C15H24N4O5S/c1-9-13(11(3)18(4)16-9)25(23,24)17-10(2)14(20)19-7-5-6-12(8-19)15(21)22/h10,12,17H,5-8H2,1-4H3,(H,21,22)/t10?,12-/m0/s1. The summed E-state index contributed by atoms with van der Waals surface area (Å²) >= 11 is 0. The number of hydrogen-bond acceptors (Lipinski definition) is 5. The van der Waals surface area contributed by atoms with Crippen molar-refractivity contribution in [3.05, 3.63) is 11.4 Å². The molecule has 1 amide bonds. The first kappa shape index (κ1) is 19.4. The maximum absolute atomic E-state index is 12.6. The zero-order valence-electron chi connectivity index (χ0n) is 14.8. The van der Waals surface area contributed by atoms with Gasteiger partial charge in [-0.15, -0.1) is 0 Å². The number of carboxylic acid groups (broad SMARTS) is 1. The lowest BCUT2D eigenvalue weighted by Crippen LogP contribution is -2.50. The summed E-state index contributed by atoms with van der Waals surface area (Å²) in [5.74, 6) is -1.97. The summed E-state index contributed by atoms with van der Waals surface area (Å²) in [4.78, 5) is 25.1. The second kappa shape index (κ2) is 7.12. The van der Waals surface area contributed by atoms with Crippen LogP contribution in [-0.4, -0.2) is 59.2 Å². The van der Waals surface area contributed by atoms with Gasteiger partial charge < -0.3 is 10.0 Å². The van der Waals surface area contributed by atoms with E-state index >= 15 is 0 Å². The van der Waals surface area contributed by atoms with Gasteiger partial charge in [0.1, 0.15) is 4.90 Å². The number of nitrogens with one attached hydrogen (secondary N) is 1. The Hall–Kier alpha value is -1.94. The fraction of sp³-hybridized carbons (Fsp3) is 0.667. The summed E-state index contributed by atoms with van der Waals surface area (Å²) in [7, 11) is -2.26. The molecule has 1 saturated heterocycles. The van der Waals surface area contributed by atoms with Crippen LogP contribution in [0.25, 0.3) is 0 Å². The van der Waals surface area contributed by atoms with E-state index in [1.54, 1.807) is 20.9 Å². The first-order valence-electron chi connectivity index (χ1n) is 8.08. The number of piperidine rings is 1. The van der Waals surface area contributed by atoms with E-state index in [-0.39, 0.29) is 11.4 Å². The van der Waals surface area contributed by atoms with Crippen molar-refractivity contribution in [2.75, 3.05) is 13.1 Å². The van der Waals surface area contributed by atoms with Gasteiger partial charge in [0.15, 0.2) is 0 Å². The number of amides is 1. The number of aryl methyl sites for hydroxylation is 2. The Balaban J connectivity index is 2.14. The van der Waals surface area contributed by atoms with Gasteiger partial charge in [0.05, 0.1) is 23.3 Å². The van der Waals surface area contributed by atoms with E-state index in [1.165, 1.54) is 16.5 Å². The van der Waals surface area contributed by atoms with Crippen molar-refractivity contribution < 1.29 is 23.1 Å². The molecule has 0 spiro atoms. The molecule has 0 radical (unpaired) electrons. The van der Waals surface area contributed by atoms with Crippen molar-refractivity contribution in [2.45, 2.75) is 44.6 Å². The average molecular weight is 372 g/mol. The fourth-order valence-corrected chi connectivity index (χ4v) is 4.77. The lowest BCUT2D eigenvalue weighted by Gasteiger charge is -2.32. The van der Waals surface area contributed by atoms with Gasteiger partial charge >= 0.3 is 5.97 Å². The molecular weight excluding hydrogens is 348 g/mol. The molecule has 1 aromatic rings. The van der Waals surface area contributed by atoms with Crippen LogP contribution < -0.4 is 4.72 Å². The highest BCUT2D eigenvalue weighted by atomic mass is 32.2. The summed E-state index contributed by atoms with van der Waals surface area (Å²) in [6.45, 7) is 5.23. The highest BCUT2D eigenvalue weighted by molar-refractivity contribution is 7.89. The summed E-state index contributed by atoms with van der Waals surface area (Å²) in [5, 5.41) is 13.2. The van der Waals surface area contributed by atoms with Crippen LogP contribution in [0.1, 0.15) is 31.2 Å². The smallest absolute Gasteiger partial charge is 0.308 e. The third-order valence-electron chi connectivity index (χ3n) is 4.50. The van der Waals surface area contributed by atoms with Crippen molar-refractivity contribution in [3.63, 3.8) is 0 Å². The molecule has 9 nitrogen and oxygen atoms in total. The van der Waals surface area contributed by atoms with Crippen LogP contribution in [0, 0.1) is 19.8 Å². The zero-order chi connectivity index (χ0) is 18.9. The SMILES string of the molecule is Cc1nn(C)c(C)c1S(=O)(=O)NC(C)C(=O)N1CCC[C@H](C(=O)O)C1. The fourth-order valence-electron chi connectivity index (χ4n) is 3.14. The maximum Gasteiger partial charge on any atom is 0.308 e. The van der Waals surface area contributed by atoms with Crippen LogP contribution in [0.15, 0.2) is 4.90 Å². The van der Waals surface area contributed by atoms with Crippen molar-refractivity contribution >= 4 is 21.9 Å². The van der Waals surface area contributed by atoms with Crippen LogP contribution in [0.3, 0.4) is 0 Å². The number of rotatable bonds is 5. The minimum atomic E-state index is -3.91. The Morgan fingerprint density at radius 3 is 2.52 bits per heavy atom. The molecular formula is C15H24N4O5S. The lowest BCUT2D eigenvalue weighted by molar-refractivity contribution is -0.146. The van der Waals surface area contributed by atoms with Crippen molar-refractivity contribution in [2.24, 2.45) is 13.0 Å². The Morgan fingerprint density at radius 1 is 1.36 bits per heavy atom. The monoisotopic (exact) mass is 372 g/mol. The molecule has 2 rings (SSSR count). The molecule has 2 atom stereocenters. The minimum Gasteiger partial charge on any atom is -0.481 e. The maximum atomic E-state index is 12.6. The van der Waals surface area contributed by atoms with Gasteiger partial charge in [-0.25, -0.2) is 8.42 Å². The van der Waals surface area contributed by atoms with Gasteiger partial charge in [0.2, 0.25) is 15.9 Å². The normalized spacial score (nSPS) is 19.7. The van der Waals surface area contributed by atoms with Crippen LogP contribution in [0.4, 0.5) is 0 Å². The third kappa shape index (κ3) is 4.01. The first-order valence-corrected chi connectivity index (χ1v) is 9.57. The van der Waals surface area contributed by atoms with Crippen LogP contribution in [0.2, 0.25) is 0 Å². The number of hydrogen-bond donors (Lipinski definition) is 2. The van der Waals surface area contributed by atoms with Crippen LogP contribution >= 0.6 is 0 Å². The Labute approximate surface area is 147 Å². The van der Waals surface area contributed by atoms with Gasteiger partial charge in [-0.05, 0) is 33.6 Å². The van der Waals surface area contributed by atoms with E-state index in [2.05, 4.69) is 9.82 Å². The molecule has 1 fully saturated rings. The Morgan fingerprint density at radius 2 is 2.00 bits per heavy atom. The summed E-state index contributed by atoms with van der Waals surface area (Å²) in [6.07, 6.45) is 1.11. The molecule has 25 heavy (non-hydrogen) atoms. The molecule has 0 saturated carbocycles. The second-order valence-corrected chi connectivity index (χ2v) is 8.08. The lowest BCUT2D eigenvalue weighted by atomic mass is 9.98.